The van der Waals surface area contributed by atoms with Crippen LogP contribution in [0.5, 0.6) is 0 Å². The van der Waals surface area contributed by atoms with Gasteiger partial charge in [-0.15, -0.1) is 0 Å². The molecule has 4 nitrogen and oxygen atoms in total. The molecule has 0 spiro atoms. The van der Waals surface area contributed by atoms with Gasteiger partial charge in [-0.1, -0.05) is 11.6 Å². The van der Waals surface area contributed by atoms with Crippen LogP contribution in [0.15, 0.2) is 30.6 Å². The number of nitrogens with zero attached hydrogens (tertiary/aromatic N) is 2. The highest BCUT2D eigenvalue weighted by atomic mass is 35.5. The Morgan fingerprint density at radius 3 is 2.75 bits per heavy atom. The zero-order chi connectivity index (χ0) is 11.7. The van der Waals surface area contributed by atoms with Crippen LogP contribution in [0.1, 0.15) is 16.2 Å². The van der Waals surface area contributed by atoms with Crippen molar-refractivity contribution in [1.29, 1.82) is 0 Å². The molecular weight excluding hydrogens is 228 g/mol. The first-order valence-corrected chi connectivity index (χ1v) is 5.00. The average Bonchev–Trinajstić information content (AvgIpc) is 2.63. The molecular formula is C11H9ClN2O2. The van der Waals surface area contributed by atoms with E-state index in [0.717, 1.165) is 11.5 Å². The maximum absolute atomic E-state index is 10.8. The van der Waals surface area contributed by atoms with Crippen LogP contribution in [0.4, 0.5) is 0 Å². The topological polar surface area (TPSA) is 55.1 Å². The number of imidazole rings is 1. The minimum absolute atomic E-state index is 0.100. The summed E-state index contributed by atoms with van der Waals surface area (Å²) in [6.07, 6.45) is 3.47. The van der Waals surface area contributed by atoms with Crippen molar-refractivity contribution in [3.63, 3.8) is 0 Å². The Balaban J connectivity index is 2.50. The number of aromatic carboxylic acids is 1. The van der Waals surface area contributed by atoms with E-state index in [9.17, 15) is 4.79 Å². The highest BCUT2D eigenvalue weighted by Gasteiger charge is 2.10. The molecule has 0 aliphatic rings. The smallest absolute Gasteiger partial charge is 0.337 e. The first kappa shape index (κ1) is 10.7. The number of rotatable bonds is 2. The Labute approximate surface area is 97.1 Å². The predicted molar refractivity (Wildman–Crippen MR) is 60.3 cm³/mol. The molecule has 0 aliphatic carbocycles. The van der Waals surface area contributed by atoms with Gasteiger partial charge in [0, 0.05) is 18.1 Å². The number of aryl methyl sites for hydroxylation is 1. The maximum Gasteiger partial charge on any atom is 0.337 e. The predicted octanol–water partition coefficient (Wildman–Crippen LogP) is 2.53. The highest BCUT2D eigenvalue weighted by Crippen LogP contribution is 2.21. The SMILES string of the molecule is Cc1nccn1-c1ccc(C(=O)O)c(Cl)c1. The van der Waals surface area contributed by atoms with Crippen LogP contribution in [0, 0.1) is 6.92 Å². The summed E-state index contributed by atoms with van der Waals surface area (Å²) in [5, 5.41) is 9.06. The van der Waals surface area contributed by atoms with Gasteiger partial charge in [0.2, 0.25) is 0 Å². The fraction of sp³-hybridized carbons (Fsp3) is 0.0909. The summed E-state index contributed by atoms with van der Waals surface area (Å²) in [4.78, 5) is 14.9. The van der Waals surface area contributed by atoms with E-state index in [4.69, 9.17) is 16.7 Å². The lowest BCUT2D eigenvalue weighted by Gasteiger charge is -2.06. The minimum Gasteiger partial charge on any atom is -0.478 e. The molecule has 16 heavy (non-hydrogen) atoms. The molecule has 0 fully saturated rings. The first-order valence-electron chi connectivity index (χ1n) is 4.63. The van der Waals surface area contributed by atoms with Crippen LogP contribution in [0.2, 0.25) is 5.02 Å². The number of aromatic nitrogens is 2. The van der Waals surface area contributed by atoms with Crippen molar-refractivity contribution in [2.45, 2.75) is 6.92 Å². The molecule has 1 N–H and O–H groups in total. The van der Waals surface area contributed by atoms with E-state index in [0.29, 0.717) is 0 Å². The number of carbonyl (C=O) groups is 1. The van der Waals surface area contributed by atoms with E-state index in [2.05, 4.69) is 4.98 Å². The fourth-order valence-electron chi connectivity index (χ4n) is 1.48. The molecule has 1 aromatic heterocycles. The second-order valence-corrected chi connectivity index (χ2v) is 3.72. The number of hydrogen-bond donors (Lipinski definition) is 1. The monoisotopic (exact) mass is 236 g/mol. The first-order chi connectivity index (χ1) is 7.59. The van der Waals surface area contributed by atoms with Crippen molar-refractivity contribution in [2.75, 3.05) is 0 Å². The van der Waals surface area contributed by atoms with Crippen molar-refractivity contribution in [1.82, 2.24) is 9.55 Å². The molecule has 0 aliphatic heterocycles. The van der Waals surface area contributed by atoms with Gasteiger partial charge in [-0.3, -0.25) is 0 Å². The van der Waals surface area contributed by atoms with Gasteiger partial charge in [0.25, 0.3) is 0 Å². The van der Waals surface area contributed by atoms with Crippen molar-refractivity contribution in [3.05, 3.63) is 47.0 Å². The van der Waals surface area contributed by atoms with Crippen molar-refractivity contribution in [3.8, 4) is 5.69 Å². The normalized spacial score (nSPS) is 10.4. The summed E-state index contributed by atoms with van der Waals surface area (Å²) in [5.41, 5.74) is 0.896. The molecule has 1 aromatic carbocycles. The quantitative estimate of drug-likeness (QED) is 0.872. The number of halogens is 1. The summed E-state index contributed by atoms with van der Waals surface area (Å²) in [7, 11) is 0. The van der Waals surface area contributed by atoms with E-state index < -0.39 is 5.97 Å². The van der Waals surface area contributed by atoms with E-state index in [1.807, 2.05) is 11.5 Å². The Morgan fingerprint density at radius 1 is 1.50 bits per heavy atom. The molecule has 2 aromatic rings. The lowest BCUT2D eigenvalue weighted by atomic mass is 10.2. The van der Waals surface area contributed by atoms with Gasteiger partial charge in [-0.2, -0.15) is 0 Å². The third-order valence-electron chi connectivity index (χ3n) is 2.29. The van der Waals surface area contributed by atoms with Crippen LogP contribution in [-0.4, -0.2) is 20.6 Å². The number of carboxylic acid groups (broad SMARTS) is 1. The van der Waals surface area contributed by atoms with Gasteiger partial charge in [0.1, 0.15) is 5.82 Å². The Morgan fingerprint density at radius 2 is 2.25 bits per heavy atom. The third-order valence-corrected chi connectivity index (χ3v) is 2.60. The van der Waals surface area contributed by atoms with Gasteiger partial charge in [-0.05, 0) is 25.1 Å². The summed E-state index contributed by atoms with van der Waals surface area (Å²) < 4.78 is 1.83. The molecule has 2 rings (SSSR count). The zero-order valence-corrected chi connectivity index (χ0v) is 9.27. The van der Waals surface area contributed by atoms with E-state index in [1.165, 1.54) is 6.07 Å². The van der Waals surface area contributed by atoms with Crippen LogP contribution >= 0.6 is 11.6 Å². The number of carboxylic acids is 1. The van der Waals surface area contributed by atoms with E-state index >= 15 is 0 Å². The van der Waals surface area contributed by atoms with Crippen LogP contribution < -0.4 is 0 Å². The largest absolute Gasteiger partial charge is 0.478 e. The van der Waals surface area contributed by atoms with E-state index in [-0.39, 0.29) is 10.6 Å². The second-order valence-electron chi connectivity index (χ2n) is 3.31. The molecule has 0 radical (unpaired) electrons. The van der Waals surface area contributed by atoms with Crippen molar-refractivity contribution in [2.24, 2.45) is 0 Å². The van der Waals surface area contributed by atoms with Gasteiger partial charge in [0.15, 0.2) is 0 Å². The highest BCUT2D eigenvalue weighted by molar-refractivity contribution is 6.33. The van der Waals surface area contributed by atoms with Crippen molar-refractivity contribution < 1.29 is 9.90 Å². The van der Waals surface area contributed by atoms with Crippen molar-refractivity contribution >= 4 is 17.6 Å². The van der Waals surface area contributed by atoms with Crippen LogP contribution in [0.25, 0.3) is 5.69 Å². The molecule has 0 atom stereocenters. The van der Waals surface area contributed by atoms with E-state index in [1.54, 1.807) is 24.5 Å². The number of hydrogen-bond acceptors (Lipinski definition) is 2. The fourth-order valence-corrected chi connectivity index (χ4v) is 1.73. The Hall–Kier alpha value is -1.81. The zero-order valence-electron chi connectivity index (χ0n) is 8.51. The average molecular weight is 237 g/mol. The summed E-state index contributed by atoms with van der Waals surface area (Å²) in [6.45, 7) is 1.86. The molecule has 5 heteroatoms. The molecule has 0 bridgehead atoms. The molecule has 0 saturated carbocycles. The Bertz CT molecular complexity index is 549. The molecule has 1 heterocycles. The summed E-state index contributed by atoms with van der Waals surface area (Å²) in [5.74, 6) is -0.210. The lowest BCUT2D eigenvalue weighted by molar-refractivity contribution is 0.0697. The van der Waals surface area contributed by atoms with Gasteiger partial charge >= 0.3 is 5.97 Å². The molecule has 0 saturated heterocycles. The third kappa shape index (κ3) is 1.79. The maximum atomic E-state index is 10.8. The van der Waals surface area contributed by atoms with Gasteiger partial charge in [-0.25, -0.2) is 9.78 Å². The van der Waals surface area contributed by atoms with Gasteiger partial charge < -0.3 is 9.67 Å². The molecule has 0 unspecified atom stereocenters. The van der Waals surface area contributed by atoms with Crippen LogP contribution in [-0.2, 0) is 0 Å². The number of benzene rings is 1. The van der Waals surface area contributed by atoms with Gasteiger partial charge in [0.05, 0.1) is 10.6 Å². The lowest BCUT2D eigenvalue weighted by Crippen LogP contribution is -2.00. The second kappa shape index (κ2) is 3.98. The Kier molecular flexibility index (Phi) is 2.66. The summed E-state index contributed by atoms with van der Waals surface area (Å²) in [6, 6.07) is 4.79. The molecule has 82 valence electrons. The summed E-state index contributed by atoms with van der Waals surface area (Å²) >= 11 is 5.88. The minimum atomic E-state index is -1.03. The van der Waals surface area contributed by atoms with Crippen LogP contribution in [0.3, 0.4) is 0 Å². The molecule has 0 amide bonds. The standard InChI is InChI=1S/C11H9ClN2O2/c1-7-13-4-5-14(7)8-2-3-9(11(15)16)10(12)6-8/h2-6H,1H3,(H,15,16).